The van der Waals surface area contributed by atoms with Gasteiger partial charge in [-0.2, -0.15) is 4.98 Å². The van der Waals surface area contributed by atoms with Crippen molar-refractivity contribution in [3.63, 3.8) is 0 Å². The van der Waals surface area contributed by atoms with Gasteiger partial charge in [-0.1, -0.05) is 0 Å². The van der Waals surface area contributed by atoms with Crippen LogP contribution >= 0.6 is 0 Å². The molecule has 2 rings (SSSR count). The second kappa shape index (κ2) is 3.64. The third kappa shape index (κ3) is 1.78. The summed E-state index contributed by atoms with van der Waals surface area (Å²) < 4.78 is 4.88. The number of rotatable bonds is 2. The quantitative estimate of drug-likeness (QED) is 0.627. The van der Waals surface area contributed by atoms with E-state index in [1.165, 1.54) is 24.4 Å². The van der Waals surface area contributed by atoms with Gasteiger partial charge in [0.25, 0.3) is 0 Å². The van der Waals surface area contributed by atoms with Gasteiger partial charge in [-0.15, -0.1) is 0 Å². The molecule has 0 saturated carbocycles. The van der Waals surface area contributed by atoms with Gasteiger partial charge in [0.2, 0.25) is 11.8 Å². The van der Waals surface area contributed by atoms with Crippen molar-refractivity contribution < 1.29 is 14.3 Å². The molecule has 1 aliphatic rings. The average molecular weight is 207 g/mol. The van der Waals surface area contributed by atoms with Crippen molar-refractivity contribution in [2.75, 3.05) is 18.6 Å². The van der Waals surface area contributed by atoms with Gasteiger partial charge < -0.3 is 4.74 Å². The van der Waals surface area contributed by atoms with Crippen molar-refractivity contribution >= 4 is 17.5 Å². The molecule has 0 unspecified atom stereocenters. The van der Waals surface area contributed by atoms with Crippen LogP contribution in [0.2, 0.25) is 0 Å². The lowest BCUT2D eigenvalue weighted by molar-refractivity contribution is -0.121. The largest absolute Gasteiger partial charge is 0.480 e. The lowest BCUT2D eigenvalue weighted by Crippen LogP contribution is -2.25. The summed E-state index contributed by atoms with van der Waals surface area (Å²) in [5, 5.41) is 0. The molecule has 1 amide bonds. The predicted octanol–water partition coefficient (Wildman–Crippen LogP) is -0.209. The fourth-order valence-corrected chi connectivity index (χ4v) is 1.36. The Balaban J connectivity index is 2.29. The van der Waals surface area contributed by atoms with E-state index in [0.29, 0.717) is 11.7 Å². The lowest BCUT2D eigenvalue weighted by atomic mass is 10.3. The third-order valence-electron chi connectivity index (χ3n) is 2.07. The standard InChI is InChI=1S/C9H9N3O3/c1-15-8-4-10-3-7(11-8)12-5-6(13)2-9(12)14/h3-4H,2,5H2,1H3. The van der Waals surface area contributed by atoms with E-state index in [9.17, 15) is 9.59 Å². The molecule has 1 aromatic heterocycles. The Morgan fingerprint density at radius 3 is 2.80 bits per heavy atom. The molecule has 0 bridgehead atoms. The first-order valence-corrected chi connectivity index (χ1v) is 4.39. The van der Waals surface area contributed by atoms with Crippen LogP contribution in [0.3, 0.4) is 0 Å². The monoisotopic (exact) mass is 207 g/mol. The highest BCUT2D eigenvalue weighted by Gasteiger charge is 2.29. The molecule has 2 heterocycles. The zero-order chi connectivity index (χ0) is 10.8. The molecule has 1 aromatic rings. The molecule has 0 N–H and O–H groups in total. The first-order valence-electron chi connectivity index (χ1n) is 4.39. The minimum absolute atomic E-state index is 0.0567. The van der Waals surface area contributed by atoms with Crippen LogP contribution < -0.4 is 9.64 Å². The minimum Gasteiger partial charge on any atom is -0.480 e. The van der Waals surface area contributed by atoms with Crippen molar-refractivity contribution in [2.45, 2.75) is 6.42 Å². The number of hydrogen-bond acceptors (Lipinski definition) is 5. The fourth-order valence-electron chi connectivity index (χ4n) is 1.36. The number of ether oxygens (including phenoxy) is 1. The Labute approximate surface area is 85.9 Å². The van der Waals surface area contributed by atoms with Crippen LogP contribution in [-0.4, -0.2) is 35.3 Å². The van der Waals surface area contributed by atoms with E-state index >= 15 is 0 Å². The van der Waals surface area contributed by atoms with Crippen LogP contribution in [0.4, 0.5) is 5.82 Å². The number of amides is 1. The molecular formula is C9H9N3O3. The Morgan fingerprint density at radius 1 is 1.40 bits per heavy atom. The summed E-state index contributed by atoms with van der Waals surface area (Å²) in [6.07, 6.45) is 2.81. The van der Waals surface area contributed by atoms with E-state index in [2.05, 4.69) is 9.97 Å². The molecule has 15 heavy (non-hydrogen) atoms. The number of Topliss-reactive ketones (excluding diaryl/α,β-unsaturated/α-hetero) is 1. The zero-order valence-corrected chi connectivity index (χ0v) is 8.14. The molecule has 1 saturated heterocycles. The summed E-state index contributed by atoms with van der Waals surface area (Å²) in [6.45, 7) is 0.0701. The minimum atomic E-state index is -0.248. The van der Waals surface area contributed by atoms with E-state index < -0.39 is 0 Å². The van der Waals surface area contributed by atoms with Crippen molar-refractivity contribution in [1.82, 2.24) is 9.97 Å². The van der Waals surface area contributed by atoms with Gasteiger partial charge in [0.05, 0.1) is 32.5 Å². The van der Waals surface area contributed by atoms with E-state index in [1.54, 1.807) is 0 Å². The summed E-state index contributed by atoms with van der Waals surface area (Å²) >= 11 is 0. The highest BCUT2D eigenvalue weighted by molar-refractivity contribution is 6.14. The molecule has 1 fully saturated rings. The summed E-state index contributed by atoms with van der Waals surface area (Å²) in [5.41, 5.74) is 0. The lowest BCUT2D eigenvalue weighted by Gasteiger charge is -2.12. The maximum absolute atomic E-state index is 11.4. The van der Waals surface area contributed by atoms with Gasteiger partial charge in [-0.3, -0.25) is 19.5 Å². The van der Waals surface area contributed by atoms with E-state index in [1.807, 2.05) is 0 Å². The Morgan fingerprint density at radius 2 is 2.20 bits per heavy atom. The Kier molecular flexibility index (Phi) is 2.32. The molecule has 0 aliphatic carbocycles. The number of anilines is 1. The maximum Gasteiger partial charge on any atom is 0.236 e. The maximum atomic E-state index is 11.4. The summed E-state index contributed by atoms with van der Waals surface area (Å²) in [4.78, 5) is 31.6. The van der Waals surface area contributed by atoms with Crippen LogP contribution in [0.1, 0.15) is 6.42 Å². The second-order valence-corrected chi connectivity index (χ2v) is 3.11. The average Bonchev–Trinajstić information content (AvgIpc) is 2.58. The van der Waals surface area contributed by atoms with Crippen LogP contribution in [0.15, 0.2) is 12.4 Å². The summed E-state index contributed by atoms with van der Waals surface area (Å²) in [5.74, 6) is 0.317. The molecule has 6 heteroatoms. The molecule has 78 valence electrons. The molecule has 0 spiro atoms. The number of aromatic nitrogens is 2. The number of carbonyl (C=O) groups excluding carboxylic acids is 2. The zero-order valence-electron chi connectivity index (χ0n) is 8.14. The van der Waals surface area contributed by atoms with Crippen molar-refractivity contribution in [3.05, 3.63) is 12.4 Å². The van der Waals surface area contributed by atoms with Gasteiger partial charge in [-0.05, 0) is 0 Å². The third-order valence-corrected chi connectivity index (χ3v) is 2.07. The second-order valence-electron chi connectivity index (χ2n) is 3.11. The van der Waals surface area contributed by atoms with Crippen LogP contribution in [0.25, 0.3) is 0 Å². The molecule has 1 aliphatic heterocycles. The van der Waals surface area contributed by atoms with Crippen LogP contribution in [0, 0.1) is 0 Å². The van der Waals surface area contributed by atoms with Crippen LogP contribution in [0.5, 0.6) is 5.88 Å². The van der Waals surface area contributed by atoms with Crippen molar-refractivity contribution in [3.8, 4) is 5.88 Å². The number of nitrogens with zero attached hydrogens (tertiary/aromatic N) is 3. The fraction of sp³-hybridized carbons (Fsp3) is 0.333. The molecule has 6 nitrogen and oxygen atoms in total. The highest BCUT2D eigenvalue weighted by atomic mass is 16.5. The highest BCUT2D eigenvalue weighted by Crippen LogP contribution is 2.18. The summed E-state index contributed by atoms with van der Waals surface area (Å²) in [7, 11) is 1.46. The van der Waals surface area contributed by atoms with E-state index in [0.717, 1.165) is 0 Å². The molecule has 0 aromatic carbocycles. The first kappa shape index (κ1) is 9.57. The number of carbonyl (C=O) groups is 2. The number of ketones is 1. The van der Waals surface area contributed by atoms with E-state index in [4.69, 9.17) is 4.74 Å². The normalized spacial score (nSPS) is 15.9. The van der Waals surface area contributed by atoms with Crippen molar-refractivity contribution in [2.24, 2.45) is 0 Å². The molecule has 0 atom stereocenters. The van der Waals surface area contributed by atoms with Gasteiger partial charge in [0.1, 0.15) is 0 Å². The SMILES string of the molecule is COc1cncc(N2CC(=O)CC2=O)n1. The van der Waals surface area contributed by atoms with Gasteiger partial charge >= 0.3 is 0 Å². The van der Waals surface area contributed by atoms with Gasteiger partial charge in [0, 0.05) is 0 Å². The van der Waals surface area contributed by atoms with Gasteiger partial charge in [-0.25, -0.2) is 0 Å². The predicted molar refractivity (Wildman–Crippen MR) is 50.6 cm³/mol. The molecular weight excluding hydrogens is 198 g/mol. The Bertz CT molecular complexity index is 419. The Hall–Kier alpha value is -1.98. The van der Waals surface area contributed by atoms with Crippen LogP contribution in [-0.2, 0) is 9.59 Å². The van der Waals surface area contributed by atoms with E-state index in [-0.39, 0.29) is 24.7 Å². The summed E-state index contributed by atoms with van der Waals surface area (Å²) in [6, 6.07) is 0. The topological polar surface area (TPSA) is 72.4 Å². The smallest absolute Gasteiger partial charge is 0.236 e. The van der Waals surface area contributed by atoms with Crippen molar-refractivity contribution in [1.29, 1.82) is 0 Å². The number of hydrogen-bond donors (Lipinski definition) is 0. The van der Waals surface area contributed by atoms with Gasteiger partial charge in [0.15, 0.2) is 11.6 Å². The first-order chi connectivity index (χ1) is 7.20. The molecule has 0 radical (unpaired) electrons. The number of methoxy groups -OCH3 is 1.